The lowest BCUT2D eigenvalue weighted by Gasteiger charge is -2.36. The average Bonchev–Trinajstić information content (AvgIpc) is 3.20. The van der Waals surface area contributed by atoms with Crippen molar-refractivity contribution in [3.05, 3.63) is 65.2 Å². The number of fused-ring (bicyclic) bond motifs is 2. The van der Waals surface area contributed by atoms with Gasteiger partial charge in [-0.2, -0.15) is 18.3 Å². The van der Waals surface area contributed by atoms with Crippen molar-refractivity contribution in [2.45, 2.75) is 18.8 Å². The monoisotopic (exact) mass is 485 g/mol. The first-order valence-electron chi connectivity index (χ1n) is 11.0. The minimum Gasteiger partial charge on any atom is -0.377 e. The van der Waals surface area contributed by atoms with E-state index in [0.717, 1.165) is 26.1 Å². The van der Waals surface area contributed by atoms with E-state index in [0.29, 0.717) is 16.5 Å². The molecule has 0 bridgehead atoms. The van der Waals surface area contributed by atoms with Crippen LogP contribution in [0, 0.1) is 0 Å². The van der Waals surface area contributed by atoms with E-state index in [1.165, 1.54) is 6.20 Å². The molecular formula is C24H22F3N5O3. The molecule has 1 fully saturated rings. The molecule has 2 aromatic carbocycles. The Morgan fingerprint density at radius 2 is 2.03 bits per heavy atom. The summed E-state index contributed by atoms with van der Waals surface area (Å²) >= 11 is 0. The third kappa shape index (κ3) is 4.34. The molecule has 4 aromatic rings. The number of nitrogens with one attached hydrogen (secondary N) is 1. The summed E-state index contributed by atoms with van der Waals surface area (Å²) in [5, 5.41) is 9.38. The van der Waals surface area contributed by atoms with Gasteiger partial charge in [-0.1, -0.05) is 12.1 Å². The second-order valence-electron chi connectivity index (χ2n) is 8.40. The van der Waals surface area contributed by atoms with Crippen LogP contribution in [-0.2, 0) is 23.1 Å². The van der Waals surface area contributed by atoms with Crippen LogP contribution in [0.25, 0.3) is 21.7 Å². The summed E-state index contributed by atoms with van der Waals surface area (Å²) in [6.45, 7) is -1.29. The normalized spacial score (nSPS) is 16.7. The first-order valence-corrected chi connectivity index (χ1v) is 11.0. The lowest BCUT2D eigenvalue weighted by Crippen LogP contribution is -2.56. The molecule has 1 atom stereocenters. The smallest absolute Gasteiger partial charge is 0.377 e. The minimum atomic E-state index is -4.61. The highest BCUT2D eigenvalue weighted by molar-refractivity contribution is 5.95. The van der Waals surface area contributed by atoms with Crippen molar-refractivity contribution < 1.29 is 22.7 Å². The van der Waals surface area contributed by atoms with E-state index in [2.05, 4.69) is 10.4 Å². The molecule has 3 heterocycles. The molecule has 11 heteroatoms. The number of hydrogen-bond donors (Lipinski definition) is 1. The largest absolute Gasteiger partial charge is 0.411 e. The lowest BCUT2D eigenvalue weighted by molar-refractivity contribution is -0.213. The molecule has 0 spiro atoms. The number of aryl methyl sites for hydroxylation is 1. The van der Waals surface area contributed by atoms with Crippen LogP contribution < -0.4 is 10.9 Å². The summed E-state index contributed by atoms with van der Waals surface area (Å²) in [6.07, 6.45) is -1.45. The van der Waals surface area contributed by atoms with Crippen LogP contribution in [0.5, 0.6) is 0 Å². The summed E-state index contributed by atoms with van der Waals surface area (Å²) in [4.78, 5) is 26.9. The first-order chi connectivity index (χ1) is 16.7. The number of halogens is 3. The Kier molecular flexibility index (Phi) is 5.72. The van der Waals surface area contributed by atoms with Crippen LogP contribution in [-0.4, -0.2) is 57.1 Å². The Hall–Kier alpha value is -3.86. The zero-order valence-electron chi connectivity index (χ0n) is 18.7. The maximum atomic E-state index is 13.4. The number of carbonyl (C=O) groups is 1. The Labute approximate surface area is 197 Å². The van der Waals surface area contributed by atoms with Gasteiger partial charge < -0.3 is 19.5 Å². The molecular weight excluding hydrogens is 463 g/mol. The summed E-state index contributed by atoms with van der Waals surface area (Å²) in [5.41, 5.74) is 1.75. The molecule has 1 amide bonds. The summed E-state index contributed by atoms with van der Waals surface area (Å²) in [7, 11) is 1.84. The third-order valence-corrected chi connectivity index (χ3v) is 6.16. The predicted octanol–water partition coefficient (Wildman–Crippen LogP) is 3.42. The molecule has 182 valence electrons. The molecule has 8 nitrogen and oxygen atoms in total. The van der Waals surface area contributed by atoms with Crippen molar-refractivity contribution in [2.75, 3.05) is 25.1 Å². The summed E-state index contributed by atoms with van der Waals surface area (Å²) in [5.74, 6) is -0.787. The summed E-state index contributed by atoms with van der Waals surface area (Å²) in [6, 6.07) is 10.6. The zero-order chi connectivity index (χ0) is 24.7. The Morgan fingerprint density at radius 1 is 1.20 bits per heavy atom. The molecule has 0 radical (unpaired) electrons. The molecule has 0 aliphatic carbocycles. The lowest BCUT2D eigenvalue weighted by atomic mass is 10.1. The second kappa shape index (κ2) is 8.73. The van der Waals surface area contributed by atoms with Crippen molar-refractivity contribution >= 4 is 39.0 Å². The minimum absolute atomic E-state index is 0.0142. The van der Waals surface area contributed by atoms with Gasteiger partial charge in [-0.3, -0.25) is 14.3 Å². The van der Waals surface area contributed by atoms with E-state index in [-0.39, 0.29) is 13.2 Å². The molecule has 1 aliphatic heterocycles. The maximum Gasteiger partial charge on any atom is 0.411 e. The van der Waals surface area contributed by atoms with Crippen molar-refractivity contribution in [3.63, 3.8) is 0 Å². The number of benzene rings is 2. The Balaban J connectivity index is 1.46. The predicted molar refractivity (Wildman–Crippen MR) is 125 cm³/mol. The SMILES string of the molecule is Cn1ncc2cc(Nc3cccc4ccn(CC(=O)N5CCOCC5C(F)(F)F)c(=O)c34)ccc21. The number of ether oxygens (including phenoxy) is 1. The van der Waals surface area contributed by atoms with Crippen LogP contribution in [0.4, 0.5) is 24.5 Å². The fourth-order valence-electron chi connectivity index (χ4n) is 4.36. The van der Waals surface area contributed by atoms with Crippen molar-refractivity contribution in [2.24, 2.45) is 7.05 Å². The zero-order valence-corrected chi connectivity index (χ0v) is 18.7. The van der Waals surface area contributed by atoms with Crippen LogP contribution in [0.1, 0.15) is 0 Å². The molecule has 2 aromatic heterocycles. The number of pyridine rings is 1. The number of alkyl halides is 3. The average molecular weight is 485 g/mol. The van der Waals surface area contributed by atoms with Gasteiger partial charge in [0.2, 0.25) is 5.91 Å². The van der Waals surface area contributed by atoms with Gasteiger partial charge in [-0.25, -0.2) is 0 Å². The number of hydrogen-bond acceptors (Lipinski definition) is 5. The fraction of sp³-hybridized carbons (Fsp3) is 0.292. The standard InChI is InChI=1S/C24H22F3N5O3/c1-30-19-6-5-17(11-16(19)12-28-30)29-18-4-2-3-15-7-8-31(23(34)22(15)18)13-21(33)32-9-10-35-14-20(32)24(25,26)27/h2-8,11-12,20,29H,9-10,13-14H2,1H3. The maximum absolute atomic E-state index is 13.4. The molecule has 1 saturated heterocycles. The molecule has 1 N–H and O–H groups in total. The topological polar surface area (TPSA) is 81.4 Å². The Morgan fingerprint density at radius 3 is 2.83 bits per heavy atom. The highest BCUT2D eigenvalue weighted by Crippen LogP contribution is 2.28. The van der Waals surface area contributed by atoms with Crippen LogP contribution >= 0.6 is 0 Å². The number of amides is 1. The van der Waals surface area contributed by atoms with Crippen LogP contribution in [0.3, 0.4) is 0 Å². The number of morpholine rings is 1. The van der Waals surface area contributed by atoms with Crippen molar-refractivity contribution in [1.82, 2.24) is 19.2 Å². The quantitative estimate of drug-likeness (QED) is 0.479. The van der Waals surface area contributed by atoms with Crippen LogP contribution in [0.15, 0.2) is 59.7 Å². The van der Waals surface area contributed by atoms with E-state index in [1.54, 1.807) is 35.1 Å². The van der Waals surface area contributed by atoms with Gasteiger partial charge >= 0.3 is 6.18 Å². The van der Waals surface area contributed by atoms with Gasteiger partial charge in [0.25, 0.3) is 5.56 Å². The number of aromatic nitrogens is 3. The van der Waals surface area contributed by atoms with E-state index in [1.807, 2.05) is 25.2 Å². The van der Waals surface area contributed by atoms with Crippen molar-refractivity contribution in [3.8, 4) is 0 Å². The number of nitrogens with zero attached hydrogens (tertiary/aromatic N) is 4. The highest BCUT2D eigenvalue weighted by atomic mass is 19.4. The molecule has 5 rings (SSSR count). The molecule has 0 saturated carbocycles. The number of anilines is 2. The molecule has 1 unspecified atom stereocenters. The second-order valence-corrected chi connectivity index (χ2v) is 8.40. The summed E-state index contributed by atoms with van der Waals surface area (Å²) < 4.78 is 48.0. The van der Waals surface area contributed by atoms with E-state index >= 15 is 0 Å². The van der Waals surface area contributed by atoms with Gasteiger partial charge in [-0.15, -0.1) is 0 Å². The van der Waals surface area contributed by atoms with E-state index < -0.39 is 36.8 Å². The molecule has 35 heavy (non-hydrogen) atoms. The van der Waals surface area contributed by atoms with Gasteiger partial charge in [0.05, 0.1) is 36.0 Å². The third-order valence-electron chi connectivity index (χ3n) is 6.16. The van der Waals surface area contributed by atoms with E-state index in [9.17, 15) is 22.8 Å². The molecule has 1 aliphatic rings. The van der Waals surface area contributed by atoms with Gasteiger partial charge in [0, 0.05) is 30.9 Å². The van der Waals surface area contributed by atoms with Crippen molar-refractivity contribution in [1.29, 1.82) is 0 Å². The van der Waals surface area contributed by atoms with Gasteiger partial charge in [0.1, 0.15) is 6.54 Å². The van der Waals surface area contributed by atoms with Gasteiger partial charge in [-0.05, 0) is 35.7 Å². The number of carbonyl (C=O) groups excluding carboxylic acids is 1. The van der Waals surface area contributed by atoms with Crippen LogP contribution in [0.2, 0.25) is 0 Å². The highest BCUT2D eigenvalue weighted by Gasteiger charge is 2.47. The fourth-order valence-corrected chi connectivity index (χ4v) is 4.36. The number of rotatable bonds is 4. The first kappa shape index (κ1) is 22.9. The van der Waals surface area contributed by atoms with E-state index in [4.69, 9.17) is 4.74 Å². The van der Waals surface area contributed by atoms with Gasteiger partial charge in [0.15, 0.2) is 6.04 Å². The Bertz CT molecular complexity index is 1480.